The molecule has 1 N–H and O–H groups in total. The molecule has 0 amide bonds. The second-order valence-corrected chi connectivity index (χ2v) is 3.48. The van der Waals surface area contributed by atoms with Gasteiger partial charge in [0, 0.05) is 19.6 Å². The van der Waals surface area contributed by atoms with E-state index in [9.17, 15) is 0 Å². The van der Waals surface area contributed by atoms with Crippen LogP contribution in [0.1, 0.15) is 26.0 Å². The molecule has 0 aromatic carbocycles. The van der Waals surface area contributed by atoms with Gasteiger partial charge in [-0.2, -0.15) is 0 Å². The van der Waals surface area contributed by atoms with Crippen molar-refractivity contribution in [3.05, 3.63) is 18.1 Å². The van der Waals surface area contributed by atoms with Gasteiger partial charge in [0.25, 0.3) is 0 Å². The van der Waals surface area contributed by atoms with Gasteiger partial charge in [0.1, 0.15) is 5.82 Å². The van der Waals surface area contributed by atoms with Crippen molar-refractivity contribution in [1.29, 1.82) is 0 Å². The third-order valence-electron chi connectivity index (χ3n) is 2.25. The zero-order valence-corrected chi connectivity index (χ0v) is 9.82. The molecule has 84 valence electrons. The zero-order valence-electron chi connectivity index (χ0n) is 9.82. The van der Waals surface area contributed by atoms with Crippen LogP contribution in [0.5, 0.6) is 0 Å². The summed E-state index contributed by atoms with van der Waals surface area (Å²) in [6.45, 7) is 7.10. The molecule has 0 unspecified atom stereocenters. The maximum absolute atomic E-state index is 4.41. The number of hydrogen-bond acceptors (Lipinski definition) is 4. The van der Waals surface area contributed by atoms with Crippen LogP contribution in [0.2, 0.25) is 0 Å². The number of anilines is 1. The van der Waals surface area contributed by atoms with Crippen LogP contribution in [0.4, 0.5) is 5.82 Å². The summed E-state index contributed by atoms with van der Waals surface area (Å²) in [7, 11) is 1.91. The minimum Gasteiger partial charge on any atom is -0.356 e. The molecule has 1 aromatic heterocycles. The van der Waals surface area contributed by atoms with E-state index in [1.807, 2.05) is 19.4 Å². The first-order valence-corrected chi connectivity index (χ1v) is 5.52. The molecule has 0 saturated heterocycles. The first kappa shape index (κ1) is 11.9. The Hall–Kier alpha value is -1.16. The molecule has 0 aliphatic carbocycles. The van der Waals surface area contributed by atoms with Gasteiger partial charge in [-0.25, -0.2) is 4.98 Å². The summed E-state index contributed by atoms with van der Waals surface area (Å²) in [6, 6.07) is 0. The van der Waals surface area contributed by atoms with E-state index in [1.54, 1.807) is 0 Å². The molecular weight excluding hydrogens is 188 g/mol. The van der Waals surface area contributed by atoms with Crippen LogP contribution >= 0.6 is 0 Å². The van der Waals surface area contributed by atoms with Gasteiger partial charge in [0.2, 0.25) is 0 Å². The molecule has 0 aliphatic rings. The molecule has 0 aliphatic heterocycles. The lowest BCUT2D eigenvalue weighted by Crippen LogP contribution is -2.24. The van der Waals surface area contributed by atoms with Crippen molar-refractivity contribution in [1.82, 2.24) is 15.3 Å². The summed E-state index contributed by atoms with van der Waals surface area (Å²) in [6.07, 6.45) is 4.82. The lowest BCUT2D eigenvalue weighted by atomic mass is 10.4. The summed E-state index contributed by atoms with van der Waals surface area (Å²) in [5.41, 5.74) is 0.980. The largest absolute Gasteiger partial charge is 0.356 e. The maximum atomic E-state index is 4.41. The second-order valence-electron chi connectivity index (χ2n) is 3.48. The van der Waals surface area contributed by atoms with Gasteiger partial charge in [-0.05, 0) is 20.4 Å². The highest BCUT2D eigenvalue weighted by Gasteiger charge is 2.04. The normalized spacial score (nSPS) is 10.3. The summed E-state index contributed by atoms with van der Waals surface area (Å²) in [4.78, 5) is 11.0. The average molecular weight is 208 g/mol. The Labute approximate surface area is 91.7 Å². The average Bonchev–Trinajstić information content (AvgIpc) is 2.28. The Kier molecular flexibility index (Phi) is 5.04. The van der Waals surface area contributed by atoms with E-state index in [0.29, 0.717) is 0 Å². The lowest BCUT2D eigenvalue weighted by molar-refractivity contribution is 0.757. The molecule has 0 bridgehead atoms. The molecule has 0 saturated carbocycles. The molecule has 4 nitrogen and oxygen atoms in total. The van der Waals surface area contributed by atoms with Gasteiger partial charge in [-0.1, -0.05) is 6.92 Å². The molecule has 0 radical (unpaired) electrons. The predicted octanol–water partition coefficient (Wildman–Crippen LogP) is 1.43. The van der Waals surface area contributed by atoms with Gasteiger partial charge in [-0.3, -0.25) is 4.98 Å². The highest BCUT2D eigenvalue weighted by Crippen LogP contribution is 2.08. The zero-order chi connectivity index (χ0) is 11.1. The molecule has 1 rings (SSSR count). The molecule has 4 heteroatoms. The van der Waals surface area contributed by atoms with Crippen LogP contribution in [-0.4, -0.2) is 30.1 Å². The fraction of sp³-hybridized carbons (Fsp3) is 0.636. The molecule has 1 aromatic rings. The number of nitrogens with one attached hydrogen (secondary N) is 1. The molecule has 0 spiro atoms. The van der Waals surface area contributed by atoms with E-state index in [-0.39, 0.29) is 0 Å². The predicted molar refractivity (Wildman–Crippen MR) is 63.0 cm³/mol. The first-order valence-electron chi connectivity index (χ1n) is 5.52. The van der Waals surface area contributed by atoms with Crippen LogP contribution in [0.3, 0.4) is 0 Å². The molecule has 0 fully saturated rings. The van der Waals surface area contributed by atoms with Gasteiger partial charge in [-0.15, -0.1) is 0 Å². The van der Waals surface area contributed by atoms with Crippen molar-refractivity contribution >= 4 is 5.82 Å². The quantitative estimate of drug-likeness (QED) is 0.768. The Morgan fingerprint density at radius 1 is 1.27 bits per heavy atom. The van der Waals surface area contributed by atoms with Crippen LogP contribution in [-0.2, 0) is 6.54 Å². The molecule has 1 heterocycles. The van der Waals surface area contributed by atoms with Crippen LogP contribution in [0, 0.1) is 0 Å². The molecule has 0 atom stereocenters. The van der Waals surface area contributed by atoms with Gasteiger partial charge in [0.05, 0.1) is 18.1 Å². The van der Waals surface area contributed by atoms with Crippen molar-refractivity contribution in [2.24, 2.45) is 0 Å². The monoisotopic (exact) mass is 208 g/mol. The number of rotatable bonds is 6. The van der Waals surface area contributed by atoms with E-state index in [4.69, 9.17) is 0 Å². The highest BCUT2D eigenvalue weighted by molar-refractivity contribution is 5.35. The van der Waals surface area contributed by atoms with Crippen molar-refractivity contribution in [3.63, 3.8) is 0 Å². The molecular formula is C11H20N4. The summed E-state index contributed by atoms with van der Waals surface area (Å²) in [5.74, 6) is 0.971. The van der Waals surface area contributed by atoms with Crippen LogP contribution in [0.15, 0.2) is 12.4 Å². The standard InChI is InChI=1S/C11H20N4/c1-4-6-15(5-2)11-9-13-10(7-12-3)8-14-11/h8-9,12H,4-7H2,1-3H3. The van der Waals surface area contributed by atoms with Crippen molar-refractivity contribution in [3.8, 4) is 0 Å². The molecule has 15 heavy (non-hydrogen) atoms. The third-order valence-corrected chi connectivity index (χ3v) is 2.25. The maximum Gasteiger partial charge on any atom is 0.147 e. The smallest absolute Gasteiger partial charge is 0.147 e. The van der Waals surface area contributed by atoms with E-state index in [2.05, 4.69) is 34.0 Å². The van der Waals surface area contributed by atoms with E-state index in [0.717, 1.165) is 37.6 Å². The van der Waals surface area contributed by atoms with Gasteiger partial charge >= 0.3 is 0 Å². The number of aromatic nitrogens is 2. The SMILES string of the molecule is CCCN(CC)c1cnc(CNC)cn1. The minimum atomic E-state index is 0.771. The Balaban J connectivity index is 2.68. The van der Waals surface area contributed by atoms with Crippen molar-refractivity contribution < 1.29 is 0 Å². The number of nitrogens with zero attached hydrogens (tertiary/aromatic N) is 3. The second kappa shape index (κ2) is 6.35. The van der Waals surface area contributed by atoms with Crippen molar-refractivity contribution in [2.45, 2.75) is 26.8 Å². The van der Waals surface area contributed by atoms with Crippen LogP contribution in [0.25, 0.3) is 0 Å². The van der Waals surface area contributed by atoms with Crippen LogP contribution < -0.4 is 10.2 Å². The third kappa shape index (κ3) is 3.47. The fourth-order valence-electron chi connectivity index (χ4n) is 1.49. The van der Waals surface area contributed by atoms with E-state index in [1.165, 1.54) is 0 Å². The Morgan fingerprint density at radius 3 is 2.53 bits per heavy atom. The van der Waals surface area contributed by atoms with Gasteiger partial charge in [0.15, 0.2) is 0 Å². The topological polar surface area (TPSA) is 41.1 Å². The minimum absolute atomic E-state index is 0.771. The Morgan fingerprint density at radius 2 is 2.07 bits per heavy atom. The summed E-state index contributed by atoms with van der Waals surface area (Å²) >= 11 is 0. The lowest BCUT2D eigenvalue weighted by Gasteiger charge is -2.20. The van der Waals surface area contributed by atoms with E-state index >= 15 is 0 Å². The fourth-order valence-corrected chi connectivity index (χ4v) is 1.49. The Bertz CT molecular complexity index is 270. The highest BCUT2D eigenvalue weighted by atomic mass is 15.2. The van der Waals surface area contributed by atoms with E-state index < -0.39 is 0 Å². The summed E-state index contributed by atoms with van der Waals surface area (Å²) in [5, 5.41) is 3.06. The summed E-state index contributed by atoms with van der Waals surface area (Å²) < 4.78 is 0. The first-order chi connectivity index (χ1) is 7.31. The van der Waals surface area contributed by atoms with Crippen molar-refractivity contribution in [2.75, 3.05) is 25.0 Å². The number of hydrogen-bond donors (Lipinski definition) is 1. The van der Waals surface area contributed by atoms with Gasteiger partial charge < -0.3 is 10.2 Å².